The van der Waals surface area contributed by atoms with Crippen molar-refractivity contribution >= 4 is 33.9 Å². The van der Waals surface area contributed by atoms with Gasteiger partial charge in [-0.25, -0.2) is 0 Å². The summed E-state index contributed by atoms with van der Waals surface area (Å²) in [7, 11) is 1.84. The average molecular weight is 222 g/mol. The number of fused-ring (bicyclic) bond motifs is 1. The van der Waals surface area contributed by atoms with Crippen molar-refractivity contribution < 1.29 is 0 Å². The molecule has 0 aliphatic carbocycles. The Kier molecular flexibility index (Phi) is 2.40. The van der Waals surface area contributed by atoms with E-state index in [9.17, 15) is 0 Å². The van der Waals surface area contributed by atoms with Crippen LogP contribution >= 0.6 is 11.6 Å². The summed E-state index contributed by atoms with van der Waals surface area (Å²) in [6.07, 6.45) is 1.64. The molecule has 0 aliphatic heterocycles. The zero-order valence-corrected chi connectivity index (χ0v) is 9.39. The summed E-state index contributed by atoms with van der Waals surface area (Å²) < 4.78 is 0. The first kappa shape index (κ1) is 10.1. The highest BCUT2D eigenvalue weighted by molar-refractivity contribution is 6.32. The number of anilines is 2. The highest BCUT2D eigenvalue weighted by atomic mass is 35.5. The maximum absolute atomic E-state index is 6.03. The number of nitrogens with one attached hydrogen (secondary N) is 1. The van der Waals surface area contributed by atoms with Gasteiger partial charge in [0.2, 0.25) is 0 Å². The van der Waals surface area contributed by atoms with Gasteiger partial charge in [-0.05, 0) is 24.6 Å². The van der Waals surface area contributed by atoms with Crippen LogP contribution in [0.2, 0.25) is 5.02 Å². The minimum absolute atomic E-state index is 0.645. The van der Waals surface area contributed by atoms with Gasteiger partial charge < -0.3 is 11.1 Å². The summed E-state index contributed by atoms with van der Waals surface area (Å²) in [5.41, 5.74) is 9.25. The van der Waals surface area contributed by atoms with E-state index in [4.69, 9.17) is 17.3 Å². The lowest BCUT2D eigenvalue weighted by Crippen LogP contribution is -1.98. The lowest BCUT2D eigenvalue weighted by Gasteiger charge is -2.10. The topological polar surface area (TPSA) is 50.9 Å². The summed E-state index contributed by atoms with van der Waals surface area (Å²) >= 11 is 6.03. The van der Waals surface area contributed by atoms with Gasteiger partial charge >= 0.3 is 0 Å². The van der Waals surface area contributed by atoms with E-state index in [0.29, 0.717) is 5.69 Å². The molecule has 3 nitrogen and oxygen atoms in total. The van der Waals surface area contributed by atoms with Crippen LogP contribution in [0.4, 0.5) is 11.4 Å². The number of aromatic nitrogens is 1. The van der Waals surface area contributed by atoms with Gasteiger partial charge in [0.05, 0.1) is 23.1 Å². The molecule has 0 radical (unpaired) electrons. The number of rotatable bonds is 1. The molecular weight excluding hydrogens is 210 g/mol. The van der Waals surface area contributed by atoms with Crippen LogP contribution in [0, 0.1) is 6.92 Å². The minimum atomic E-state index is 0.645. The Labute approximate surface area is 93.3 Å². The van der Waals surface area contributed by atoms with Gasteiger partial charge in [-0.2, -0.15) is 0 Å². The fourth-order valence-electron chi connectivity index (χ4n) is 1.62. The maximum atomic E-state index is 6.03. The standard InChI is InChI=1S/C11H12ClN3/c1-6-3-7-10(4-8(6)12)15-5-9(13)11(7)14-2/h3-5H,13H2,1-2H3,(H,14,15). The predicted octanol–water partition coefficient (Wildman–Crippen LogP) is 2.82. The Bertz CT molecular complexity index is 523. The molecule has 2 aromatic rings. The van der Waals surface area contributed by atoms with Gasteiger partial charge in [-0.15, -0.1) is 0 Å². The van der Waals surface area contributed by atoms with Crippen LogP contribution in [0.3, 0.4) is 0 Å². The number of benzene rings is 1. The van der Waals surface area contributed by atoms with Gasteiger partial charge in [0.25, 0.3) is 0 Å². The van der Waals surface area contributed by atoms with Crippen molar-refractivity contribution in [3.8, 4) is 0 Å². The third-order valence-electron chi connectivity index (χ3n) is 2.43. The van der Waals surface area contributed by atoms with E-state index in [0.717, 1.165) is 27.2 Å². The summed E-state index contributed by atoms with van der Waals surface area (Å²) in [6.45, 7) is 1.96. The van der Waals surface area contributed by atoms with E-state index in [1.807, 2.05) is 26.1 Å². The van der Waals surface area contributed by atoms with Gasteiger partial charge in [-0.1, -0.05) is 11.6 Å². The molecule has 0 unspecified atom stereocenters. The molecule has 0 amide bonds. The third-order valence-corrected chi connectivity index (χ3v) is 2.83. The zero-order valence-electron chi connectivity index (χ0n) is 8.63. The van der Waals surface area contributed by atoms with Crippen LogP contribution in [-0.4, -0.2) is 12.0 Å². The smallest absolute Gasteiger partial charge is 0.0742 e. The molecule has 0 saturated heterocycles. The number of aryl methyl sites for hydroxylation is 1. The molecule has 4 heteroatoms. The fourth-order valence-corrected chi connectivity index (χ4v) is 1.77. The molecule has 3 N–H and O–H groups in total. The summed E-state index contributed by atoms with van der Waals surface area (Å²) in [5.74, 6) is 0. The van der Waals surface area contributed by atoms with Crippen LogP contribution in [0.15, 0.2) is 18.3 Å². The van der Waals surface area contributed by atoms with Gasteiger partial charge in [-0.3, -0.25) is 4.98 Å². The van der Waals surface area contributed by atoms with E-state index < -0.39 is 0 Å². The SMILES string of the molecule is CNc1c(N)cnc2cc(Cl)c(C)cc12. The monoisotopic (exact) mass is 221 g/mol. The van der Waals surface area contributed by atoms with Gasteiger partial charge in [0, 0.05) is 17.5 Å². The van der Waals surface area contributed by atoms with Crippen molar-refractivity contribution in [2.45, 2.75) is 6.92 Å². The molecule has 0 bridgehead atoms. The van der Waals surface area contributed by atoms with Crippen molar-refractivity contribution in [3.05, 3.63) is 28.9 Å². The first-order valence-electron chi connectivity index (χ1n) is 4.65. The number of halogens is 1. The Hall–Kier alpha value is -1.48. The van der Waals surface area contributed by atoms with Crippen LogP contribution in [0.1, 0.15) is 5.56 Å². The van der Waals surface area contributed by atoms with E-state index in [1.54, 1.807) is 6.20 Å². The van der Waals surface area contributed by atoms with E-state index in [2.05, 4.69) is 10.3 Å². The highest BCUT2D eigenvalue weighted by Crippen LogP contribution is 2.30. The quantitative estimate of drug-likeness (QED) is 0.779. The van der Waals surface area contributed by atoms with Gasteiger partial charge in [0.1, 0.15) is 0 Å². The van der Waals surface area contributed by atoms with Crippen LogP contribution < -0.4 is 11.1 Å². The second kappa shape index (κ2) is 3.59. The minimum Gasteiger partial charge on any atom is -0.396 e. The number of hydrogen-bond acceptors (Lipinski definition) is 3. The largest absolute Gasteiger partial charge is 0.396 e. The van der Waals surface area contributed by atoms with E-state index in [1.165, 1.54) is 0 Å². The number of nitrogen functional groups attached to an aromatic ring is 1. The Balaban J connectivity index is 2.86. The molecule has 0 aliphatic rings. The predicted molar refractivity (Wildman–Crippen MR) is 65.4 cm³/mol. The number of pyridine rings is 1. The molecule has 78 valence electrons. The zero-order chi connectivity index (χ0) is 11.0. The summed E-state index contributed by atoms with van der Waals surface area (Å²) in [6, 6.07) is 3.85. The molecule has 1 aromatic heterocycles. The molecule has 0 saturated carbocycles. The molecule has 0 atom stereocenters. The first-order valence-corrected chi connectivity index (χ1v) is 5.03. The molecule has 0 fully saturated rings. The van der Waals surface area contributed by atoms with Crippen molar-refractivity contribution in [2.75, 3.05) is 18.1 Å². The second-order valence-corrected chi connectivity index (χ2v) is 3.86. The molecule has 1 heterocycles. The second-order valence-electron chi connectivity index (χ2n) is 3.46. The molecular formula is C11H12ClN3. The first-order chi connectivity index (χ1) is 7.13. The van der Waals surface area contributed by atoms with Crippen LogP contribution in [0.5, 0.6) is 0 Å². The normalized spacial score (nSPS) is 10.6. The van der Waals surface area contributed by atoms with Crippen molar-refractivity contribution in [1.29, 1.82) is 0 Å². The summed E-state index contributed by atoms with van der Waals surface area (Å²) in [4.78, 5) is 4.24. The molecule has 15 heavy (non-hydrogen) atoms. The average Bonchev–Trinajstić information content (AvgIpc) is 2.21. The Morgan fingerprint density at radius 3 is 2.80 bits per heavy atom. The van der Waals surface area contributed by atoms with E-state index >= 15 is 0 Å². The van der Waals surface area contributed by atoms with Crippen LogP contribution in [0.25, 0.3) is 10.9 Å². The highest BCUT2D eigenvalue weighted by Gasteiger charge is 2.07. The Morgan fingerprint density at radius 2 is 2.13 bits per heavy atom. The molecule has 1 aromatic carbocycles. The molecule has 0 spiro atoms. The Morgan fingerprint density at radius 1 is 1.40 bits per heavy atom. The molecule has 2 rings (SSSR count). The number of nitrogens with two attached hydrogens (primary N) is 1. The maximum Gasteiger partial charge on any atom is 0.0742 e. The van der Waals surface area contributed by atoms with E-state index in [-0.39, 0.29) is 0 Å². The fraction of sp³-hybridized carbons (Fsp3) is 0.182. The lowest BCUT2D eigenvalue weighted by molar-refractivity contribution is 1.38. The summed E-state index contributed by atoms with van der Waals surface area (Å²) in [5, 5.41) is 4.80. The van der Waals surface area contributed by atoms with Crippen molar-refractivity contribution in [3.63, 3.8) is 0 Å². The van der Waals surface area contributed by atoms with Gasteiger partial charge in [0.15, 0.2) is 0 Å². The third kappa shape index (κ3) is 1.59. The lowest BCUT2D eigenvalue weighted by atomic mass is 10.1. The number of nitrogens with zero attached hydrogens (tertiary/aromatic N) is 1. The van der Waals surface area contributed by atoms with Crippen molar-refractivity contribution in [2.24, 2.45) is 0 Å². The van der Waals surface area contributed by atoms with Crippen LogP contribution in [-0.2, 0) is 0 Å². The number of hydrogen-bond donors (Lipinski definition) is 2. The van der Waals surface area contributed by atoms with Crippen molar-refractivity contribution in [1.82, 2.24) is 4.98 Å².